The summed E-state index contributed by atoms with van der Waals surface area (Å²) in [4.78, 5) is 10.7. The summed E-state index contributed by atoms with van der Waals surface area (Å²) in [6.07, 6.45) is 5.55. The first-order valence-corrected chi connectivity index (χ1v) is 5.15. The lowest BCUT2D eigenvalue weighted by atomic mass is 9.86. The number of aliphatic hydroxyl groups is 1. The van der Waals surface area contributed by atoms with E-state index in [1.165, 1.54) is 30.4 Å². The second kappa shape index (κ2) is 4.07. The van der Waals surface area contributed by atoms with Crippen molar-refractivity contribution in [1.29, 1.82) is 0 Å². The van der Waals surface area contributed by atoms with E-state index in [9.17, 15) is 15.0 Å². The van der Waals surface area contributed by atoms with Gasteiger partial charge in [0.05, 0.1) is 5.92 Å². The number of phenolic OH excluding ortho intramolecular Hbond substituents is 1. The number of benzene rings is 1. The van der Waals surface area contributed by atoms with Crippen molar-refractivity contribution >= 4 is 5.97 Å². The number of rotatable bonds is 2. The van der Waals surface area contributed by atoms with Crippen LogP contribution in [0.2, 0.25) is 0 Å². The monoisotopic (exact) mass is 232 g/mol. The summed E-state index contributed by atoms with van der Waals surface area (Å²) < 4.78 is 0. The van der Waals surface area contributed by atoms with Gasteiger partial charge in [-0.2, -0.15) is 0 Å². The Bertz CT molecular complexity index is 488. The molecule has 0 bridgehead atoms. The SMILES string of the molecule is O=C(O)C1C=CC(O)(c2ccccc2O)C=C1. The molecule has 4 heteroatoms. The molecule has 0 spiro atoms. The summed E-state index contributed by atoms with van der Waals surface area (Å²) in [5.41, 5.74) is -1.12. The van der Waals surface area contributed by atoms with Crippen LogP contribution in [0.3, 0.4) is 0 Å². The second-order valence-corrected chi connectivity index (χ2v) is 3.92. The number of carboxylic acids is 1. The normalized spacial score (nSPS) is 27.0. The molecule has 1 aliphatic carbocycles. The molecule has 0 aromatic heterocycles. The van der Waals surface area contributed by atoms with Gasteiger partial charge >= 0.3 is 5.97 Å². The Morgan fingerprint density at radius 2 is 1.76 bits per heavy atom. The Kier molecular flexibility index (Phi) is 2.73. The average Bonchev–Trinajstić information content (AvgIpc) is 2.30. The molecule has 0 fully saturated rings. The molecule has 17 heavy (non-hydrogen) atoms. The molecule has 0 unspecified atom stereocenters. The number of carbonyl (C=O) groups is 1. The molecule has 3 N–H and O–H groups in total. The van der Waals surface area contributed by atoms with Crippen LogP contribution in [0.5, 0.6) is 5.75 Å². The van der Waals surface area contributed by atoms with E-state index in [1.807, 2.05) is 0 Å². The van der Waals surface area contributed by atoms with E-state index in [0.717, 1.165) is 0 Å². The van der Waals surface area contributed by atoms with Crippen LogP contribution in [0.1, 0.15) is 5.56 Å². The van der Waals surface area contributed by atoms with E-state index in [4.69, 9.17) is 5.11 Å². The molecule has 0 heterocycles. The van der Waals surface area contributed by atoms with Crippen LogP contribution in [0, 0.1) is 5.92 Å². The average molecular weight is 232 g/mol. The Morgan fingerprint density at radius 1 is 1.18 bits per heavy atom. The van der Waals surface area contributed by atoms with E-state index >= 15 is 0 Å². The molecular formula is C13H12O4. The molecule has 0 saturated carbocycles. The first kappa shape index (κ1) is 11.4. The number of aromatic hydroxyl groups is 1. The van der Waals surface area contributed by atoms with Gasteiger partial charge in [0.1, 0.15) is 11.4 Å². The van der Waals surface area contributed by atoms with E-state index in [0.29, 0.717) is 5.56 Å². The van der Waals surface area contributed by atoms with Crippen LogP contribution in [0.25, 0.3) is 0 Å². The quantitative estimate of drug-likeness (QED) is 0.674. The van der Waals surface area contributed by atoms with Gasteiger partial charge in [-0.25, -0.2) is 0 Å². The van der Waals surface area contributed by atoms with Crippen molar-refractivity contribution in [3.05, 3.63) is 54.1 Å². The lowest BCUT2D eigenvalue weighted by Gasteiger charge is -2.25. The molecule has 2 rings (SSSR count). The van der Waals surface area contributed by atoms with Crippen molar-refractivity contribution in [3.8, 4) is 5.75 Å². The highest BCUT2D eigenvalue weighted by Gasteiger charge is 2.29. The number of hydrogen-bond donors (Lipinski definition) is 3. The molecular weight excluding hydrogens is 220 g/mol. The summed E-state index contributed by atoms with van der Waals surface area (Å²) in [6, 6.07) is 6.40. The maximum absolute atomic E-state index is 10.7. The molecule has 0 saturated heterocycles. The predicted octanol–water partition coefficient (Wildman–Crippen LogP) is 1.41. The van der Waals surface area contributed by atoms with Crippen molar-refractivity contribution in [2.75, 3.05) is 0 Å². The van der Waals surface area contributed by atoms with Gasteiger partial charge in [-0.3, -0.25) is 4.79 Å². The maximum Gasteiger partial charge on any atom is 0.314 e. The van der Waals surface area contributed by atoms with Gasteiger partial charge < -0.3 is 15.3 Å². The third-order valence-corrected chi connectivity index (χ3v) is 2.74. The van der Waals surface area contributed by atoms with Crippen molar-refractivity contribution in [2.45, 2.75) is 5.60 Å². The van der Waals surface area contributed by atoms with Gasteiger partial charge in [0.25, 0.3) is 0 Å². The van der Waals surface area contributed by atoms with E-state index in [1.54, 1.807) is 18.2 Å². The Morgan fingerprint density at radius 3 is 2.29 bits per heavy atom. The van der Waals surface area contributed by atoms with Gasteiger partial charge in [0.15, 0.2) is 0 Å². The van der Waals surface area contributed by atoms with Gasteiger partial charge in [-0.05, 0) is 18.2 Å². The first-order chi connectivity index (χ1) is 8.03. The van der Waals surface area contributed by atoms with Crippen molar-refractivity contribution in [3.63, 3.8) is 0 Å². The lowest BCUT2D eigenvalue weighted by Crippen LogP contribution is -2.24. The molecule has 88 valence electrons. The number of carboxylic acid groups (broad SMARTS) is 1. The summed E-state index contributed by atoms with van der Waals surface area (Å²) in [5.74, 6) is -1.74. The smallest absolute Gasteiger partial charge is 0.314 e. The zero-order chi connectivity index (χ0) is 12.5. The Hall–Kier alpha value is -2.07. The summed E-state index contributed by atoms with van der Waals surface area (Å²) >= 11 is 0. The zero-order valence-electron chi connectivity index (χ0n) is 8.95. The Labute approximate surface area is 98.1 Å². The predicted molar refractivity (Wildman–Crippen MR) is 61.4 cm³/mol. The van der Waals surface area contributed by atoms with E-state index in [-0.39, 0.29) is 5.75 Å². The van der Waals surface area contributed by atoms with Crippen molar-refractivity contribution < 1.29 is 20.1 Å². The first-order valence-electron chi connectivity index (χ1n) is 5.15. The molecule has 4 nitrogen and oxygen atoms in total. The highest BCUT2D eigenvalue weighted by atomic mass is 16.4. The van der Waals surface area contributed by atoms with E-state index in [2.05, 4.69) is 0 Å². The Balaban J connectivity index is 2.36. The van der Waals surface area contributed by atoms with Crippen LogP contribution in [-0.2, 0) is 10.4 Å². The third kappa shape index (κ3) is 2.07. The van der Waals surface area contributed by atoms with Gasteiger partial charge in [-0.15, -0.1) is 0 Å². The van der Waals surface area contributed by atoms with E-state index < -0.39 is 17.5 Å². The highest BCUT2D eigenvalue weighted by Crippen LogP contribution is 2.34. The fraction of sp³-hybridized carbons (Fsp3) is 0.154. The van der Waals surface area contributed by atoms with Crippen molar-refractivity contribution in [2.24, 2.45) is 5.92 Å². The van der Waals surface area contributed by atoms with Crippen LogP contribution in [0.4, 0.5) is 0 Å². The van der Waals surface area contributed by atoms with Crippen molar-refractivity contribution in [1.82, 2.24) is 0 Å². The minimum atomic E-state index is -1.45. The molecule has 1 aromatic rings. The molecule has 0 amide bonds. The molecule has 0 radical (unpaired) electrons. The minimum Gasteiger partial charge on any atom is -0.508 e. The summed E-state index contributed by atoms with van der Waals surface area (Å²) in [5, 5.41) is 28.8. The second-order valence-electron chi connectivity index (χ2n) is 3.92. The number of hydrogen-bond acceptors (Lipinski definition) is 3. The van der Waals surface area contributed by atoms with Crippen LogP contribution in [0.15, 0.2) is 48.6 Å². The fourth-order valence-electron chi connectivity index (χ4n) is 1.78. The summed E-state index contributed by atoms with van der Waals surface area (Å²) in [7, 11) is 0. The van der Waals surface area contributed by atoms with Gasteiger partial charge in [0.2, 0.25) is 0 Å². The van der Waals surface area contributed by atoms with Crippen LogP contribution < -0.4 is 0 Å². The van der Waals surface area contributed by atoms with Gasteiger partial charge in [-0.1, -0.05) is 30.4 Å². The molecule has 0 aliphatic heterocycles. The summed E-state index contributed by atoms with van der Waals surface area (Å²) in [6.45, 7) is 0. The zero-order valence-corrected chi connectivity index (χ0v) is 8.95. The topological polar surface area (TPSA) is 77.8 Å². The number of aliphatic carboxylic acids is 1. The fourth-order valence-corrected chi connectivity index (χ4v) is 1.78. The van der Waals surface area contributed by atoms with Crippen LogP contribution in [-0.4, -0.2) is 21.3 Å². The lowest BCUT2D eigenvalue weighted by molar-refractivity contribution is -0.138. The largest absolute Gasteiger partial charge is 0.508 e. The number of para-hydroxylation sites is 1. The van der Waals surface area contributed by atoms with Gasteiger partial charge in [0, 0.05) is 5.56 Å². The minimum absolute atomic E-state index is 0.0296. The molecule has 1 aliphatic rings. The third-order valence-electron chi connectivity index (χ3n) is 2.74. The maximum atomic E-state index is 10.7. The number of phenols is 1. The highest BCUT2D eigenvalue weighted by molar-refractivity contribution is 5.75. The standard InChI is InChI=1S/C13H12O4/c14-11-4-2-1-3-10(11)13(17)7-5-9(6-8-13)12(15)16/h1-9,14,17H,(H,15,16). The van der Waals surface area contributed by atoms with Crippen LogP contribution >= 0.6 is 0 Å². The molecule has 1 aromatic carbocycles. The molecule has 0 atom stereocenters.